The Labute approximate surface area is 327 Å². The Kier molecular flexibility index (Phi) is 14.1. The standard InChI is InChI=1S/C40H44BrNO11S/c1-47-30-15-13-24(19-31(30)48-2)12-14-29(25-9-8-10-27(20-25)52-23-36(43)44)53-40(46)28-11-6-7-18-42(28)39(45)37(34-16-17-35(41)54-34)26-21-32(49-3)38(51-5)33(22-26)50-4/h8-10,13,15-17,19-22,28-29,37H,6-7,11-12,14,18,23H2,1-5H3,(H,43,44)/t28-,29+,37+/m0/s1. The number of esters is 1. The monoisotopic (exact) mass is 825 g/mol. The third kappa shape index (κ3) is 9.58. The molecule has 1 amide bonds. The smallest absolute Gasteiger partial charge is 0.341 e. The SMILES string of the molecule is COc1ccc(CC[C@@H](OC(=O)[C@@H]2CCCCN2C(=O)[C@H](c2cc(OC)c(OC)c(OC)c2)c2ccc(Br)s2)c2cccc(OCC(=O)O)c2)cc1OC. The molecule has 1 aromatic heterocycles. The van der Waals surface area contributed by atoms with E-state index in [1.165, 1.54) is 32.7 Å². The molecule has 1 aliphatic rings. The number of benzene rings is 3. The normalized spacial score (nSPS) is 15.1. The Hall–Kier alpha value is -4.95. The molecule has 2 heterocycles. The molecule has 0 aliphatic carbocycles. The van der Waals surface area contributed by atoms with Crippen LogP contribution in [0.2, 0.25) is 0 Å². The van der Waals surface area contributed by atoms with Gasteiger partial charge in [-0.1, -0.05) is 18.2 Å². The highest BCUT2D eigenvalue weighted by Gasteiger charge is 2.39. The van der Waals surface area contributed by atoms with Crippen molar-refractivity contribution in [3.8, 4) is 34.5 Å². The number of halogens is 1. The van der Waals surface area contributed by atoms with Crippen molar-refractivity contribution in [2.75, 3.05) is 48.7 Å². The zero-order valence-electron chi connectivity index (χ0n) is 30.8. The number of hydrogen-bond acceptors (Lipinski definition) is 11. The van der Waals surface area contributed by atoms with Gasteiger partial charge < -0.3 is 43.2 Å². The summed E-state index contributed by atoms with van der Waals surface area (Å²) in [5.74, 6) is 0.0109. The molecule has 0 bridgehead atoms. The van der Waals surface area contributed by atoms with Gasteiger partial charge in [-0.15, -0.1) is 11.3 Å². The van der Waals surface area contributed by atoms with Crippen LogP contribution in [0.5, 0.6) is 34.5 Å². The average Bonchev–Trinajstić information content (AvgIpc) is 3.62. The number of aryl methyl sites for hydroxylation is 1. The first kappa shape index (κ1) is 40.2. The van der Waals surface area contributed by atoms with Crippen LogP contribution in [0.3, 0.4) is 0 Å². The van der Waals surface area contributed by atoms with Crippen molar-refractivity contribution in [3.63, 3.8) is 0 Å². The van der Waals surface area contributed by atoms with Gasteiger partial charge in [0.25, 0.3) is 0 Å². The lowest BCUT2D eigenvalue weighted by Crippen LogP contribution is -2.50. The minimum Gasteiger partial charge on any atom is -0.493 e. The summed E-state index contributed by atoms with van der Waals surface area (Å²) in [6.07, 6.45) is 2.00. The van der Waals surface area contributed by atoms with Crippen LogP contribution < -0.4 is 28.4 Å². The zero-order valence-corrected chi connectivity index (χ0v) is 33.2. The van der Waals surface area contributed by atoms with Crippen molar-refractivity contribution in [2.24, 2.45) is 0 Å². The predicted molar refractivity (Wildman–Crippen MR) is 206 cm³/mol. The summed E-state index contributed by atoms with van der Waals surface area (Å²) in [7, 11) is 7.69. The summed E-state index contributed by atoms with van der Waals surface area (Å²) < 4.78 is 40.3. The third-order valence-electron chi connectivity index (χ3n) is 9.20. The van der Waals surface area contributed by atoms with E-state index in [-0.39, 0.29) is 5.91 Å². The van der Waals surface area contributed by atoms with Crippen molar-refractivity contribution in [2.45, 2.75) is 50.2 Å². The van der Waals surface area contributed by atoms with Gasteiger partial charge >= 0.3 is 11.9 Å². The number of carbonyl (C=O) groups is 3. The van der Waals surface area contributed by atoms with Crippen LogP contribution in [0.15, 0.2) is 70.5 Å². The second-order valence-corrected chi connectivity index (χ2v) is 15.0. The molecule has 4 aromatic rings. The van der Waals surface area contributed by atoms with E-state index >= 15 is 0 Å². The molecular weight excluding hydrogens is 782 g/mol. The number of methoxy groups -OCH3 is 5. The fraction of sp³-hybridized carbons (Fsp3) is 0.375. The summed E-state index contributed by atoms with van der Waals surface area (Å²) in [6.45, 7) is -0.159. The fourth-order valence-corrected chi connectivity index (χ4v) is 8.13. The van der Waals surface area contributed by atoms with E-state index in [9.17, 15) is 19.5 Å². The number of likely N-dealkylation sites (tertiary alicyclic amines) is 1. The highest BCUT2D eigenvalue weighted by molar-refractivity contribution is 9.11. The van der Waals surface area contributed by atoms with E-state index in [2.05, 4.69) is 15.9 Å². The molecule has 3 aromatic carbocycles. The molecule has 5 rings (SSSR count). The van der Waals surface area contributed by atoms with Gasteiger partial charge in [0.05, 0.1) is 45.3 Å². The second kappa shape index (κ2) is 18.9. The Bertz CT molecular complexity index is 1910. The van der Waals surface area contributed by atoms with Crippen LogP contribution in [0.1, 0.15) is 59.3 Å². The summed E-state index contributed by atoms with van der Waals surface area (Å²) in [5, 5.41) is 9.17. The quantitative estimate of drug-likeness (QED) is 0.106. The first-order chi connectivity index (χ1) is 26.1. The molecule has 1 N–H and O–H groups in total. The topological polar surface area (TPSA) is 139 Å². The number of rotatable bonds is 17. The summed E-state index contributed by atoms with van der Waals surface area (Å²) in [6, 6.07) is 18.9. The molecule has 0 saturated carbocycles. The van der Waals surface area contributed by atoms with Gasteiger partial charge in [0.15, 0.2) is 29.6 Å². The van der Waals surface area contributed by atoms with Gasteiger partial charge in [-0.25, -0.2) is 9.59 Å². The van der Waals surface area contributed by atoms with Crippen LogP contribution in [-0.2, 0) is 25.5 Å². The van der Waals surface area contributed by atoms with E-state index < -0.39 is 36.6 Å². The van der Waals surface area contributed by atoms with Crippen molar-refractivity contribution in [3.05, 3.63) is 92.1 Å². The number of piperidine rings is 1. The molecule has 54 heavy (non-hydrogen) atoms. The highest BCUT2D eigenvalue weighted by Crippen LogP contribution is 2.44. The number of aliphatic carboxylic acids is 1. The van der Waals surface area contributed by atoms with E-state index in [1.807, 2.05) is 30.3 Å². The molecule has 0 spiro atoms. The molecule has 0 radical (unpaired) electrons. The van der Waals surface area contributed by atoms with E-state index in [1.54, 1.807) is 55.5 Å². The largest absolute Gasteiger partial charge is 0.493 e. The Morgan fingerprint density at radius 2 is 1.56 bits per heavy atom. The molecule has 1 aliphatic heterocycles. The van der Waals surface area contributed by atoms with Crippen LogP contribution in [0.4, 0.5) is 0 Å². The Morgan fingerprint density at radius 1 is 0.833 bits per heavy atom. The third-order valence-corrected chi connectivity index (χ3v) is 10.9. The van der Waals surface area contributed by atoms with Gasteiger partial charge in [0.1, 0.15) is 17.9 Å². The van der Waals surface area contributed by atoms with E-state index in [0.29, 0.717) is 71.4 Å². The van der Waals surface area contributed by atoms with Gasteiger partial charge in [-0.3, -0.25) is 4.79 Å². The van der Waals surface area contributed by atoms with E-state index in [4.69, 9.17) is 33.2 Å². The average molecular weight is 827 g/mol. The van der Waals surface area contributed by atoms with E-state index in [0.717, 1.165) is 27.1 Å². The molecule has 14 heteroatoms. The Morgan fingerprint density at radius 3 is 2.19 bits per heavy atom. The van der Waals surface area contributed by atoms with Crippen LogP contribution >= 0.6 is 27.3 Å². The van der Waals surface area contributed by atoms with Gasteiger partial charge in [-0.2, -0.15) is 0 Å². The molecule has 12 nitrogen and oxygen atoms in total. The van der Waals surface area contributed by atoms with Crippen molar-refractivity contribution in [1.82, 2.24) is 4.90 Å². The number of carbonyl (C=O) groups excluding carboxylic acids is 2. The predicted octanol–water partition coefficient (Wildman–Crippen LogP) is 7.45. The lowest BCUT2D eigenvalue weighted by molar-refractivity contribution is -0.162. The lowest BCUT2D eigenvalue weighted by Gasteiger charge is -2.37. The Balaban J connectivity index is 1.47. The number of carboxylic acid groups (broad SMARTS) is 1. The lowest BCUT2D eigenvalue weighted by atomic mass is 9.92. The molecule has 3 atom stereocenters. The van der Waals surface area contributed by atoms with Crippen molar-refractivity contribution >= 4 is 45.1 Å². The maximum atomic E-state index is 14.8. The molecular formula is C40H44BrNO11S. The number of thiophene rings is 1. The summed E-state index contributed by atoms with van der Waals surface area (Å²) in [5.41, 5.74) is 2.17. The molecule has 288 valence electrons. The summed E-state index contributed by atoms with van der Waals surface area (Å²) >= 11 is 4.98. The van der Waals surface area contributed by atoms with Crippen LogP contribution in [-0.4, -0.2) is 82.6 Å². The maximum absolute atomic E-state index is 14.8. The first-order valence-corrected chi connectivity index (χ1v) is 18.9. The number of ether oxygens (including phenoxy) is 7. The number of nitrogens with zero attached hydrogens (tertiary/aromatic N) is 1. The minimum atomic E-state index is -1.11. The second-order valence-electron chi connectivity index (χ2n) is 12.5. The molecule has 1 saturated heterocycles. The van der Waals surface area contributed by atoms with Gasteiger partial charge in [0.2, 0.25) is 11.7 Å². The van der Waals surface area contributed by atoms with Crippen molar-refractivity contribution < 1.29 is 52.6 Å². The molecule has 0 unspecified atom stereocenters. The number of carboxylic acids is 1. The zero-order chi connectivity index (χ0) is 38.8. The minimum absolute atomic E-state index is 0.258. The maximum Gasteiger partial charge on any atom is 0.341 e. The van der Waals surface area contributed by atoms with Gasteiger partial charge in [0, 0.05) is 11.4 Å². The van der Waals surface area contributed by atoms with Crippen LogP contribution in [0.25, 0.3) is 0 Å². The van der Waals surface area contributed by atoms with Crippen molar-refractivity contribution in [1.29, 1.82) is 0 Å². The summed E-state index contributed by atoms with van der Waals surface area (Å²) in [4.78, 5) is 42.8. The first-order valence-electron chi connectivity index (χ1n) is 17.3. The number of amides is 1. The van der Waals surface area contributed by atoms with Gasteiger partial charge in [-0.05, 0) is 113 Å². The molecule has 1 fully saturated rings. The fourth-order valence-electron chi connectivity index (χ4n) is 6.58. The highest BCUT2D eigenvalue weighted by atomic mass is 79.9. The number of hydrogen-bond donors (Lipinski definition) is 1. The van der Waals surface area contributed by atoms with Crippen LogP contribution in [0, 0.1) is 0 Å².